The van der Waals surface area contributed by atoms with Crippen molar-refractivity contribution in [1.82, 2.24) is 0 Å². The molecule has 0 heterocycles. The van der Waals surface area contributed by atoms with E-state index in [1.165, 1.54) is 28.9 Å². The second kappa shape index (κ2) is 7.54. The zero-order chi connectivity index (χ0) is 18.6. The minimum atomic E-state index is -0.727. The quantitative estimate of drug-likeness (QED) is 0.463. The molecule has 4 rings (SSSR count). The Kier molecular flexibility index (Phi) is 4.79. The molecule has 1 aliphatic rings. The van der Waals surface area contributed by atoms with E-state index in [1.807, 2.05) is 6.07 Å². The zero-order valence-corrected chi connectivity index (χ0v) is 15.0. The number of ether oxygens (including phenoxy) is 3. The van der Waals surface area contributed by atoms with Gasteiger partial charge in [0.15, 0.2) is 6.61 Å². The predicted octanol–water partition coefficient (Wildman–Crippen LogP) is 5.13. The molecule has 0 N–H and O–H groups in total. The average molecular weight is 359 g/mol. The average Bonchev–Trinajstić information content (AvgIpc) is 3.09. The molecule has 1 radical (unpaired) electrons. The van der Waals surface area contributed by atoms with Crippen molar-refractivity contribution in [3.05, 3.63) is 95.6 Å². The largest absolute Gasteiger partial charge is 0.509 e. The first-order valence-electron chi connectivity index (χ1n) is 8.74. The van der Waals surface area contributed by atoms with Crippen molar-refractivity contribution in [3.8, 4) is 16.9 Å². The van der Waals surface area contributed by atoms with Crippen molar-refractivity contribution in [3.63, 3.8) is 0 Å². The minimum Gasteiger partial charge on any atom is -0.497 e. The SMILES string of the molecule is COc1ccc([CH]OC(=O)OCc2ccc3c(c2)Cc2ccccc2-3)cc1. The fourth-order valence-electron chi connectivity index (χ4n) is 3.26. The lowest BCUT2D eigenvalue weighted by molar-refractivity contribution is 0.0707. The summed E-state index contributed by atoms with van der Waals surface area (Å²) in [5, 5.41) is 0. The van der Waals surface area contributed by atoms with E-state index in [-0.39, 0.29) is 6.61 Å². The van der Waals surface area contributed by atoms with Gasteiger partial charge in [-0.1, -0.05) is 54.6 Å². The fourth-order valence-corrected chi connectivity index (χ4v) is 3.26. The van der Waals surface area contributed by atoms with Crippen molar-refractivity contribution in [2.45, 2.75) is 13.0 Å². The van der Waals surface area contributed by atoms with Crippen molar-refractivity contribution in [2.75, 3.05) is 7.11 Å². The van der Waals surface area contributed by atoms with Gasteiger partial charge in [0.25, 0.3) is 0 Å². The van der Waals surface area contributed by atoms with Crippen LogP contribution in [0.5, 0.6) is 5.75 Å². The molecule has 0 amide bonds. The second-order valence-electron chi connectivity index (χ2n) is 6.37. The summed E-state index contributed by atoms with van der Waals surface area (Å²) in [4.78, 5) is 11.8. The molecular formula is C23H19O4. The number of benzene rings is 3. The normalized spacial score (nSPS) is 11.4. The van der Waals surface area contributed by atoms with E-state index >= 15 is 0 Å². The van der Waals surface area contributed by atoms with Crippen molar-refractivity contribution < 1.29 is 19.0 Å². The molecule has 0 fully saturated rings. The van der Waals surface area contributed by atoms with Crippen molar-refractivity contribution >= 4 is 6.16 Å². The number of fused-ring (bicyclic) bond motifs is 3. The molecule has 3 aromatic carbocycles. The van der Waals surface area contributed by atoms with Gasteiger partial charge in [0, 0.05) is 0 Å². The molecule has 0 aromatic heterocycles. The summed E-state index contributed by atoms with van der Waals surface area (Å²) in [6.45, 7) is 1.54. The molecule has 0 bridgehead atoms. The molecule has 0 aliphatic heterocycles. The Morgan fingerprint density at radius 2 is 1.74 bits per heavy atom. The van der Waals surface area contributed by atoms with Gasteiger partial charge < -0.3 is 14.2 Å². The Morgan fingerprint density at radius 3 is 2.56 bits per heavy atom. The molecule has 0 saturated heterocycles. The Labute approximate surface area is 158 Å². The van der Waals surface area contributed by atoms with Gasteiger partial charge >= 0.3 is 6.16 Å². The van der Waals surface area contributed by atoms with E-state index in [9.17, 15) is 4.79 Å². The van der Waals surface area contributed by atoms with Gasteiger partial charge in [0.05, 0.1) is 7.11 Å². The monoisotopic (exact) mass is 359 g/mol. The third kappa shape index (κ3) is 3.80. The van der Waals surface area contributed by atoms with Crippen LogP contribution in [0.4, 0.5) is 4.79 Å². The van der Waals surface area contributed by atoms with Crippen LogP contribution in [0.2, 0.25) is 0 Å². The summed E-state index contributed by atoms with van der Waals surface area (Å²) >= 11 is 0. The summed E-state index contributed by atoms with van der Waals surface area (Å²) in [6, 6.07) is 21.8. The second-order valence-corrected chi connectivity index (χ2v) is 6.37. The highest BCUT2D eigenvalue weighted by Crippen LogP contribution is 2.36. The lowest BCUT2D eigenvalue weighted by Crippen LogP contribution is -2.06. The van der Waals surface area contributed by atoms with Crippen LogP contribution >= 0.6 is 0 Å². The maximum absolute atomic E-state index is 11.8. The van der Waals surface area contributed by atoms with E-state index in [1.54, 1.807) is 31.4 Å². The van der Waals surface area contributed by atoms with Gasteiger partial charge in [-0.2, -0.15) is 0 Å². The highest BCUT2D eigenvalue weighted by atomic mass is 16.7. The number of hydrogen-bond donors (Lipinski definition) is 0. The van der Waals surface area contributed by atoms with Gasteiger partial charge in [-0.05, 0) is 51.9 Å². The highest BCUT2D eigenvalue weighted by molar-refractivity contribution is 5.76. The van der Waals surface area contributed by atoms with Crippen LogP contribution in [-0.2, 0) is 22.5 Å². The number of rotatable bonds is 5. The molecule has 0 saturated carbocycles. The molecule has 4 heteroatoms. The number of carbonyl (C=O) groups excluding carboxylic acids is 1. The number of carbonyl (C=O) groups is 1. The maximum Gasteiger partial charge on any atom is 0.509 e. The standard InChI is InChI=1S/C23H19O4/c1-25-20-9-6-16(7-10-20)14-26-23(24)27-15-17-8-11-22-19(12-17)13-18-4-2-3-5-21(18)22/h2-12,14H,13,15H2,1H3. The maximum atomic E-state index is 11.8. The van der Waals surface area contributed by atoms with Crippen molar-refractivity contribution in [1.29, 1.82) is 0 Å². The van der Waals surface area contributed by atoms with Gasteiger partial charge in [-0.15, -0.1) is 0 Å². The molecule has 3 aromatic rings. The lowest BCUT2D eigenvalue weighted by Gasteiger charge is -2.08. The molecule has 27 heavy (non-hydrogen) atoms. The van der Waals surface area contributed by atoms with Crippen LogP contribution in [0.3, 0.4) is 0 Å². The van der Waals surface area contributed by atoms with Crippen LogP contribution in [-0.4, -0.2) is 13.3 Å². The van der Waals surface area contributed by atoms with E-state index in [2.05, 4.69) is 36.4 Å². The van der Waals surface area contributed by atoms with Gasteiger partial charge in [0.2, 0.25) is 0 Å². The van der Waals surface area contributed by atoms with Crippen LogP contribution in [0.15, 0.2) is 66.7 Å². The molecule has 0 unspecified atom stereocenters. The highest BCUT2D eigenvalue weighted by Gasteiger charge is 2.18. The molecular weight excluding hydrogens is 340 g/mol. The van der Waals surface area contributed by atoms with Crippen LogP contribution in [0.1, 0.15) is 22.3 Å². The predicted molar refractivity (Wildman–Crippen MR) is 102 cm³/mol. The summed E-state index contributed by atoms with van der Waals surface area (Å²) in [7, 11) is 1.60. The Bertz CT molecular complexity index is 960. The van der Waals surface area contributed by atoms with E-state index in [0.29, 0.717) is 0 Å². The molecule has 4 nitrogen and oxygen atoms in total. The summed E-state index contributed by atoms with van der Waals surface area (Å²) < 4.78 is 15.3. The van der Waals surface area contributed by atoms with E-state index in [0.717, 1.165) is 23.3 Å². The lowest BCUT2D eigenvalue weighted by atomic mass is 10.0. The fraction of sp³-hybridized carbons (Fsp3) is 0.130. The molecule has 0 atom stereocenters. The molecule has 1 aliphatic carbocycles. The van der Waals surface area contributed by atoms with Gasteiger partial charge in [0.1, 0.15) is 12.4 Å². The summed E-state index contributed by atoms with van der Waals surface area (Å²) in [5.41, 5.74) is 6.83. The van der Waals surface area contributed by atoms with Gasteiger partial charge in [-0.25, -0.2) is 4.79 Å². The Balaban J connectivity index is 1.31. The first-order valence-corrected chi connectivity index (χ1v) is 8.74. The summed E-state index contributed by atoms with van der Waals surface area (Å²) in [6.07, 6.45) is 0.185. The number of methoxy groups -OCH3 is 1. The Hall–Kier alpha value is -3.27. The topological polar surface area (TPSA) is 44.8 Å². The van der Waals surface area contributed by atoms with Crippen LogP contribution in [0, 0.1) is 6.61 Å². The minimum absolute atomic E-state index is 0.179. The molecule has 135 valence electrons. The third-order valence-electron chi connectivity index (χ3n) is 4.62. The Morgan fingerprint density at radius 1 is 0.963 bits per heavy atom. The zero-order valence-electron chi connectivity index (χ0n) is 15.0. The van der Waals surface area contributed by atoms with Gasteiger partial charge in [-0.3, -0.25) is 0 Å². The van der Waals surface area contributed by atoms with Crippen LogP contribution in [0.25, 0.3) is 11.1 Å². The molecule has 0 spiro atoms. The van der Waals surface area contributed by atoms with E-state index < -0.39 is 6.16 Å². The first kappa shape index (κ1) is 17.2. The third-order valence-corrected chi connectivity index (χ3v) is 4.62. The van der Waals surface area contributed by atoms with Crippen LogP contribution < -0.4 is 4.74 Å². The first-order chi connectivity index (χ1) is 13.2. The smallest absolute Gasteiger partial charge is 0.497 e. The number of hydrogen-bond acceptors (Lipinski definition) is 4. The van der Waals surface area contributed by atoms with Crippen molar-refractivity contribution in [2.24, 2.45) is 0 Å². The van der Waals surface area contributed by atoms with E-state index in [4.69, 9.17) is 14.2 Å². The summed E-state index contributed by atoms with van der Waals surface area (Å²) in [5.74, 6) is 0.744.